The zero-order chi connectivity index (χ0) is 12.5. The summed E-state index contributed by atoms with van der Waals surface area (Å²) in [6, 6.07) is 16.7. The maximum Gasteiger partial charge on any atom is 0.134 e. The van der Waals surface area contributed by atoms with Gasteiger partial charge in [-0.25, -0.2) is 9.37 Å². The third kappa shape index (κ3) is 1.86. The second kappa shape index (κ2) is 4.22. The maximum atomic E-state index is 14.0. The molecule has 3 rings (SSSR count). The largest absolute Gasteiger partial charge is 0.248 e. The van der Waals surface area contributed by atoms with Gasteiger partial charge >= 0.3 is 0 Å². The Morgan fingerprint density at radius 1 is 0.944 bits per heavy atom. The van der Waals surface area contributed by atoms with Crippen LogP contribution in [-0.2, 0) is 0 Å². The fraction of sp³-hybridized carbons (Fsp3) is 0.0625. The summed E-state index contributed by atoms with van der Waals surface area (Å²) in [5.41, 5.74) is 3.48. The summed E-state index contributed by atoms with van der Waals surface area (Å²) in [5.74, 6) is -0.226. The molecular weight excluding hydrogens is 225 g/mol. The molecule has 0 amide bonds. The molecule has 18 heavy (non-hydrogen) atoms. The van der Waals surface area contributed by atoms with Crippen molar-refractivity contribution in [3.05, 3.63) is 66.0 Å². The molecule has 0 N–H and O–H groups in total. The van der Waals surface area contributed by atoms with Crippen molar-refractivity contribution in [2.45, 2.75) is 6.92 Å². The Labute approximate surface area is 105 Å². The molecule has 0 aliphatic heterocycles. The zero-order valence-corrected chi connectivity index (χ0v) is 10.0. The van der Waals surface area contributed by atoms with Gasteiger partial charge in [-0.2, -0.15) is 0 Å². The second-order valence-corrected chi connectivity index (χ2v) is 4.37. The molecule has 0 bridgehead atoms. The molecule has 0 saturated heterocycles. The number of hydrogen-bond donors (Lipinski definition) is 0. The van der Waals surface area contributed by atoms with E-state index in [1.165, 1.54) is 11.6 Å². The van der Waals surface area contributed by atoms with Gasteiger partial charge in [0.25, 0.3) is 0 Å². The van der Waals surface area contributed by atoms with Crippen LogP contribution in [0.25, 0.3) is 22.2 Å². The van der Waals surface area contributed by atoms with E-state index in [-0.39, 0.29) is 5.82 Å². The van der Waals surface area contributed by atoms with Crippen LogP contribution in [0.5, 0.6) is 0 Å². The van der Waals surface area contributed by atoms with Crippen molar-refractivity contribution in [1.82, 2.24) is 4.98 Å². The molecule has 0 unspecified atom stereocenters. The van der Waals surface area contributed by atoms with Crippen molar-refractivity contribution in [2.24, 2.45) is 0 Å². The average Bonchev–Trinajstić information content (AvgIpc) is 2.39. The Balaban J connectivity index is 2.21. The SMILES string of the molecule is Cc1ccc(-c2cc(F)c3ccccc3n2)cc1. The van der Waals surface area contributed by atoms with E-state index in [9.17, 15) is 4.39 Å². The van der Waals surface area contributed by atoms with Gasteiger partial charge in [0.2, 0.25) is 0 Å². The van der Waals surface area contributed by atoms with E-state index in [4.69, 9.17) is 0 Å². The average molecular weight is 237 g/mol. The zero-order valence-electron chi connectivity index (χ0n) is 10.0. The Bertz CT molecular complexity index is 702. The summed E-state index contributed by atoms with van der Waals surface area (Å²) in [6.07, 6.45) is 0. The van der Waals surface area contributed by atoms with E-state index >= 15 is 0 Å². The monoisotopic (exact) mass is 237 g/mol. The second-order valence-electron chi connectivity index (χ2n) is 4.37. The van der Waals surface area contributed by atoms with Crippen LogP contribution in [0, 0.1) is 12.7 Å². The third-order valence-electron chi connectivity index (χ3n) is 3.01. The molecule has 1 heterocycles. The number of hydrogen-bond acceptors (Lipinski definition) is 1. The van der Waals surface area contributed by atoms with Crippen LogP contribution in [0.1, 0.15) is 5.56 Å². The van der Waals surface area contributed by atoms with Crippen molar-refractivity contribution in [1.29, 1.82) is 0 Å². The Morgan fingerprint density at radius 3 is 2.44 bits per heavy atom. The van der Waals surface area contributed by atoms with E-state index in [0.717, 1.165) is 5.56 Å². The molecule has 0 atom stereocenters. The minimum absolute atomic E-state index is 0.226. The van der Waals surface area contributed by atoms with Crippen LogP contribution in [0.15, 0.2) is 54.6 Å². The molecule has 1 nitrogen and oxygen atoms in total. The first kappa shape index (κ1) is 10.9. The Hall–Kier alpha value is -2.22. The Morgan fingerprint density at radius 2 is 1.67 bits per heavy atom. The number of aryl methyl sites for hydroxylation is 1. The van der Waals surface area contributed by atoms with Gasteiger partial charge in [0.15, 0.2) is 0 Å². The molecule has 88 valence electrons. The highest BCUT2D eigenvalue weighted by atomic mass is 19.1. The number of fused-ring (bicyclic) bond motifs is 1. The van der Waals surface area contributed by atoms with Crippen LogP contribution in [0.4, 0.5) is 4.39 Å². The van der Waals surface area contributed by atoms with E-state index in [2.05, 4.69) is 4.98 Å². The summed E-state index contributed by atoms with van der Waals surface area (Å²) in [7, 11) is 0. The summed E-state index contributed by atoms with van der Waals surface area (Å²) in [6.45, 7) is 2.03. The first-order chi connectivity index (χ1) is 8.74. The normalized spacial score (nSPS) is 10.8. The number of pyridine rings is 1. The minimum atomic E-state index is -0.226. The van der Waals surface area contributed by atoms with Gasteiger partial charge in [-0.05, 0) is 19.1 Å². The van der Waals surface area contributed by atoms with Crippen LogP contribution < -0.4 is 0 Å². The molecule has 0 spiro atoms. The summed E-state index contributed by atoms with van der Waals surface area (Å²) >= 11 is 0. The van der Waals surface area contributed by atoms with Gasteiger partial charge in [-0.3, -0.25) is 0 Å². The van der Waals surface area contributed by atoms with E-state index in [1.54, 1.807) is 6.07 Å². The van der Waals surface area contributed by atoms with Gasteiger partial charge < -0.3 is 0 Å². The molecule has 2 heteroatoms. The molecule has 0 aliphatic rings. The van der Waals surface area contributed by atoms with Crippen molar-refractivity contribution in [3.8, 4) is 11.3 Å². The number of aromatic nitrogens is 1. The van der Waals surface area contributed by atoms with Crippen LogP contribution in [0.2, 0.25) is 0 Å². The maximum absolute atomic E-state index is 14.0. The standard InChI is InChI=1S/C16H12FN/c1-11-6-8-12(9-7-11)16-10-14(17)13-4-2-3-5-15(13)18-16/h2-10H,1H3. The number of para-hydroxylation sites is 1. The molecule has 0 radical (unpaired) electrons. The van der Waals surface area contributed by atoms with Crippen molar-refractivity contribution < 1.29 is 4.39 Å². The lowest BCUT2D eigenvalue weighted by Gasteiger charge is -2.05. The van der Waals surface area contributed by atoms with Gasteiger partial charge in [-0.1, -0.05) is 42.0 Å². The van der Waals surface area contributed by atoms with Crippen LogP contribution >= 0.6 is 0 Å². The number of rotatable bonds is 1. The van der Waals surface area contributed by atoms with Gasteiger partial charge in [0.05, 0.1) is 11.2 Å². The number of halogens is 1. The summed E-state index contributed by atoms with van der Waals surface area (Å²) in [4.78, 5) is 4.50. The topological polar surface area (TPSA) is 12.9 Å². The molecule has 0 aliphatic carbocycles. The van der Waals surface area contributed by atoms with E-state index < -0.39 is 0 Å². The van der Waals surface area contributed by atoms with E-state index in [1.807, 2.05) is 49.4 Å². The summed E-state index contributed by atoms with van der Waals surface area (Å²) in [5, 5.41) is 0.563. The molecular formula is C16H12FN. The highest BCUT2D eigenvalue weighted by molar-refractivity contribution is 5.82. The number of nitrogens with zero attached hydrogens (tertiary/aromatic N) is 1. The smallest absolute Gasteiger partial charge is 0.134 e. The first-order valence-electron chi connectivity index (χ1n) is 5.86. The highest BCUT2D eigenvalue weighted by Crippen LogP contribution is 2.23. The quantitative estimate of drug-likeness (QED) is 0.613. The summed E-state index contributed by atoms with van der Waals surface area (Å²) < 4.78 is 14.0. The van der Waals surface area contributed by atoms with Gasteiger partial charge in [0, 0.05) is 17.0 Å². The predicted octanol–water partition coefficient (Wildman–Crippen LogP) is 4.35. The molecule has 3 aromatic rings. The van der Waals surface area contributed by atoms with E-state index in [0.29, 0.717) is 16.6 Å². The first-order valence-corrected chi connectivity index (χ1v) is 5.86. The van der Waals surface area contributed by atoms with Crippen LogP contribution in [-0.4, -0.2) is 4.98 Å². The van der Waals surface area contributed by atoms with Crippen molar-refractivity contribution in [3.63, 3.8) is 0 Å². The highest BCUT2D eigenvalue weighted by Gasteiger charge is 2.06. The number of benzene rings is 2. The minimum Gasteiger partial charge on any atom is -0.248 e. The molecule has 1 aromatic heterocycles. The van der Waals surface area contributed by atoms with Gasteiger partial charge in [0.1, 0.15) is 5.82 Å². The molecule has 0 fully saturated rings. The van der Waals surface area contributed by atoms with Crippen molar-refractivity contribution in [2.75, 3.05) is 0 Å². The predicted molar refractivity (Wildman–Crippen MR) is 71.9 cm³/mol. The fourth-order valence-electron chi connectivity index (χ4n) is 2.01. The lowest BCUT2D eigenvalue weighted by Crippen LogP contribution is -1.89. The third-order valence-corrected chi connectivity index (χ3v) is 3.01. The molecule has 2 aromatic carbocycles. The van der Waals surface area contributed by atoms with Crippen LogP contribution in [0.3, 0.4) is 0 Å². The Kier molecular flexibility index (Phi) is 2.56. The fourth-order valence-corrected chi connectivity index (χ4v) is 2.01. The van der Waals surface area contributed by atoms with Crippen molar-refractivity contribution >= 4 is 10.9 Å². The lowest BCUT2D eigenvalue weighted by atomic mass is 10.1. The van der Waals surface area contributed by atoms with Gasteiger partial charge in [-0.15, -0.1) is 0 Å². The lowest BCUT2D eigenvalue weighted by molar-refractivity contribution is 0.639. The molecule has 0 saturated carbocycles.